The molecule has 0 bridgehead atoms. The second-order valence-corrected chi connectivity index (χ2v) is 5.19. The molecule has 1 rings (SSSR count). The minimum atomic E-state index is 0.462. The number of rotatable bonds is 8. The van der Waals surface area contributed by atoms with Crippen LogP contribution in [-0.2, 0) is 0 Å². The highest BCUT2D eigenvalue weighted by Gasteiger charge is 2.13. The van der Waals surface area contributed by atoms with Crippen molar-refractivity contribution in [2.24, 2.45) is 5.73 Å². The summed E-state index contributed by atoms with van der Waals surface area (Å²) in [4.78, 5) is 2.33. The van der Waals surface area contributed by atoms with Crippen molar-refractivity contribution in [1.82, 2.24) is 0 Å². The first-order valence-corrected chi connectivity index (χ1v) is 7.18. The van der Waals surface area contributed by atoms with E-state index in [4.69, 9.17) is 5.73 Å². The molecule has 18 heavy (non-hydrogen) atoms. The van der Waals surface area contributed by atoms with Crippen molar-refractivity contribution in [3.8, 4) is 0 Å². The number of likely N-dealkylation sites (N-methyl/N-ethyl adjacent to an activating group) is 1. The van der Waals surface area contributed by atoms with Gasteiger partial charge in [-0.3, -0.25) is 0 Å². The highest BCUT2D eigenvalue weighted by atomic mass is 15.1. The van der Waals surface area contributed by atoms with E-state index < -0.39 is 0 Å². The molecule has 1 aromatic rings. The van der Waals surface area contributed by atoms with E-state index in [0.717, 1.165) is 6.54 Å². The Morgan fingerprint density at radius 2 is 2.00 bits per heavy atom. The molecule has 0 heterocycles. The molecule has 2 heteroatoms. The van der Waals surface area contributed by atoms with E-state index in [0.29, 0.717) is 6.04 Å². The molecule has 2 N–H and O–H groups in total. The first-order valence-electron chi connectivity index (χ1n) is 7.18. The molecule has 2 nitrogen and oxygen atoms in total. The first-order chi connectivity index (χ1) is 8.69. The summed E-state index contributed by atoms with van der Waals surface area (Å²) in [5.41, 5.74) is 8.51. The Balaban J connectivity index is 2.53. The zero-order valence-corrected chi connectivity index (χ0v) is 12.2. The average molecular weight is 248 g/mol. The zero-order valence-electron chi connectivity index (χ0n) is 12.2. The third-order valence-electron chi connectivity index (χ3n) is 3.62. The maximum absolute atomic E-state index is 5.92. The third kappa shape index (κ3) is 4.69. The second-order valence-electron chi connectivity index (χ2n) is 5.19. The van der Waals surface area contributed by atoms with Crippen LogP contribution >= 0.6 is 0 Å². The van der Waals surface area contributed by atoms with E-state index in [1.165, 1.54) is 43.4 Å². The van der Waals surface area contributed by atoms with Crippen molar-refractivity contribution < 1.29 is 0 Å². The molecular weight excluding hydrogens is 220 g/mol. The Bertz CT molecular complexity index is 336. The highest BCUT2D eigenvalue weighted by Crippen LogP contribution is 2.19. The standard InChI is InChI=1S/C16H28N2/c1-4-5-6-7-10-16(13-17)18(3)15-11-8-9-14(2)12-15/h8-9,11-12,16H,4-7,10,13,17H2,1-3H3. The van der Waals surface area contributed by atoms with E-state index in [9.17, 15) is 0 Å². The van der Waals surface area contributed by atoms with Gasteiger partial charge >= 0.3 is 0 Å². The number of unbranched alkanes of at least 4 members (excludes halogenated alkanes) is 3. The molecule has 0 fully saturated rings. The van der Waals surface area contributed by atoms with Crippen molar-refractivity contribution in [3.05, 3.63) is 29.8 Å². The summed E-state index contributed by atoms with van der Waals surface area (Å²) in [6, 6.07) is 9.11. The Hall–Kier alpha value is -1.02. The zero-order chi connectivity index (χ0) is 13.4. The molecule has 0 saturated carbocycles. The molecule has 0 spiro atoms. The smallest absolute Gasteiger partial charge is 0.0409 e. The number of aryl methyl sites for hydroxylation is 1. The highest BCUT2D eigenvalue weighted by molar-refractivity contribution is 5.48. The van der Waals surface area contributed by atoms with Gasteiger partial charge in [0.1, 0.15) is 0 Å². The number of benzene rings is 1. The molecule has 1 atom stereocenters. The van der Waals surface area contributed by atoms with Gasteiger partial charge in [-0.05, 0) is 31.0 Å². The fraction of sp³-hybridized carbons (Fsp3) is 0.625. The molecule has 102 valence electrons. The molecule has 0 aliphatic rings. The van der Waals surface area contributed by atoms with Crippen LogP contribution < -0.4 is 10.6 Å². The van der Waals surface area contributed by atoms with Gasteiger partial charge in [-0.15, -0.1) is 0 Å². The van der Waals surface area contributed by atoms with Gasteiger partial charge in [-0.2, -0.15) is 0 Å². The lowest BCUT2D eigenvalue weighted by molar-refractivity contribution is 0.535. The largest absolute Gasteiger partial charge is 0.370 e. The van der Waals surface area contributed by atoms with Crippen molar-refractivity contribution in [1.29, 1.82) is 0 Å². The van der Waals surface area contributed by atoms with Crippen molar-refractivity contribution in [2.75, 3.05) is 18.5 Å². The Kier molecular flexibility index (Phi) is 6.81. The quantitative estimate of drug-likeness (QED) is 0.710. The average Bonchev–Trinajstić information content (AvgIpc) is 2.38. The van der Waals surface area contributed by atoms with Crippen molar-refractivity contribution in [3.63, 3.8) is 0 Å². The van der Waals surface area contributed by atoms with Crippen LogP contribution in [0.15, 0.2) is 24.3 Å². The number of anilines is 1. The van der Waals surface area contributed by atoms with Gasteiger partial charge in [0.15, 0.2) is 0 Å². The van der Waals surface area contributed by atoms with Gasteiger partial charge in [-0.25, -0.2) is 0 Å². The lowest BCUT2D eigenvalue weighted by Gasteiger charge is -2.29. The molecule has 0 saturated heterocycles. The summed E-state index contributed by atoms with van der Waals surface area (Å²) >= 11 is 0. The summed E-state index contributed by atoms with van der Waals surface area (Å²) in [6.45, 7) is 5.12. The molecule has 0 aliphatic carbocycles. The lowest BCUT2D eigenvalue weighted by Crippen LogP contribution is -2.37. The second kappa shape index (κ2) is 8.15. The molecule has 0 radical (unpaired) electrons. The Morgan fingerprint density at radius 1 is 1.22 bits per heavy atom. The molecule has 0 aromatic heterocycles. The van der Waals surface area contributed by atoms with Gasteiger partial charge in [-0.1, -0.05) is 44.7 Å². The molecular formula is C16H28N2. The molecule has 0 amide bonds. The van der Waals surface area contributed by atoms with E-state index >= 15 is 0 Å². The number of hydrogen-bond acceptors (Lipinski definition) is 2. The summed E-state index contributed by atoms with van der Waals surface area (Å²) < 4.78 is 0. The van der Waals surface area contributed by atoms with Gasteiger partial charge in [0.25, 0.3) is 0 Å². The predicted molar refractivity (Wildman–Crippen MR) is 81.2 cm³/mol. The van der Waals surface area contributed by atoms with E-state index in [1.807, 2.05) is 0 Å². The van der Waals surface area contributed by atoms with Crippen LogP contribution in [-0.4, -0.2) is 19.6 Å². The predicted octanol–water partition coefficient (Wildman–Crippen LogP) is 3.73. The van der Waals surface area contributed by atoms with Gasteiger partial charge in [0, 0.05) is 25.3 Å². The van der Waals surface area contributed by atoms with Crippen LogP contribution in [0.2, 0.25) is 0 Å². The maximum Gasteiger partial charge on any atom is 0.0409 e. The third-order valence-corrected chi connectivity index (χ3v) is 3.62. The van der Waals surface area contributed by atoms with E-state index in [1.54, 1.807) is 0 Å². The van der Waals surface area contributed by atoms with Crippen molar-refractivity contribution >= 4 is 5.69 Å². The maximum atomic E-state index is 5.92. The minimum absolute atomic E-state index is 0.462. The van der Waals surface area contributed by atoms with Crippen molar-refractivity contribution in [2.45, 2.75) is 52.0 Å². The summed E-state index contributed by atoms with van der Waals surface area (Å²) in [5.74, 6) is 0. The van der Waals surface area contributed by atoms with Crippen LogP contribution in [0.25, 0.3) is 0 Å². The monoisotopic (exact) mass is 248 g/mol. The lowest BCUT2D eigenvalue weighted by atomic mass is 10.1. The summed E-state index contributed by atoms with van der Waals surface area (Å²) in [7, 11) is 2.16. The summed E-state index contributed by atoms with van der Waals surface area (Å²) in [6.07, 6.45) is 6.44. The fourth-order valence-corrected chi connectivity index (χ4v) is 2.33. The van der Waals surface area contributed by atoms with Crippen LogP contribution in [0.4, 0.5) is 5.69 Å². The van der Waals surface area contributed by atoms with Crippen LogP contribution in [0.1, 0.15) is 44.6 Å². The van der Waals surface area contributed by atoms with Crippen LogP contribution in [0.5, 0.6) is 0 Å². The summed E-state index contributed by atoms with van der Waals surface area (Å²) in [5, 5.41) is 0. The molecule has 0 aliphatic heterocycles. The Labute approximate surface area is 112 Å². The van der Waals surface area contributed by atoms with Gasteiger partial charge in [0.2, 0.25) is 0 Å². The van der Waals surface area contributed by atoms with Crippen LogP contribution in [0.3, 0.4) is 0 Å². The SMILES string of the molecule is CCCCCCC(CN)N(C)c1cccc(C)c1. The number of nitrogens with two attached hydrogens (primary N) is 1. The molecule has 1 aromatic carbocycles. The minimum Gasteiger partial charge on any atom is -0.370 e. The van der Waals surface area contributed by atoms with Gasteiger partial charge in [0.05, 0.1) is 0 Å². The van der Waals surface area contributed by atoms with E-state index in [-0.39, 0.29) is 0 Å². The fourth-order valence-electron chi connectivity index (χ4n) is 2.33. The normalized spacial score (nSPS) is 12.4. The van der Waals surface area contributed by atoms with Crippen LogP contribution in [0, 0.1) is 6.92 Å². The number of nitrogens with zero attached hydrogens (tertiary/aromatic N) is 1. The van der Waals surface area contributed by atoms with E-state index in [2.05, 4.69) is 50.1 Å². The molecule has 1 unspecified atom stereocenters. The van der Waals surface area contributed by atoms with Gasteiger partial charge < -0.3 is 10.6 Å². The number of hydrogen-bond donors (Lipinski definition) is 1. The first kappa shape index (κ1) is 15.0. The Morgan fingerprint density at radius 3 is 2.61 bits per heavy atom. The topological polar surface area (TPSA) is 29.3 Å².